The quantitative estimate of drug-likeness (QED) is 0.425. The van der Waals surface area contributed by atoms with Crippen LogP contribution >= 0.6 is 11.6 Å². The number of carbonyl (C=O) groups is 1. The highest BCUT2D eigenvalue weighted by Gasteiger charge is 2.29. The molecule has 8 heteroatoms. The second-order valence-corrected chi connectivity index (χ2v) is 6.62. The van der Waals surface area contributed by atoms with Crippen LogP contribution in [0.1, 0.15) is 22.0 Å². The van der Waals surface area contributed by atoms with E-state index in [9.17, 15) is 14.4 Å². The molecule has 0 radical (unpaired) electrons. The fraction of sp³-hybridized carbons (Fsp3) is 0.100. The highest BCUT2D eigenvalue weighted by Crippen LogP contribution is 2.29. The first-order valence-corrected chi connectivity index (χ1v) is 8.88. The molecule has 0 amide bonds. The lowest BCUT2D eigenvalue weighted by Crippen LogP contribution is -2.31. The highest BCUT2D eigenvalue weighted by atomic mass is 35.5. The molecule has 2 aromatic heterocycles. The van der Waals surface area contributed by atoms with Gasteiger partial charge in [0.1, 0.15) is 6.04 Å². The van der Waals surface area contributed by atoms with Gasteiger partial charge in [0.15, 0.2) is 16.9 Å². The fourth-order valence-corrected chi connectivity index (χ4v) is 3.49. The van der Waals surface area contributed by atoms with Crippen LogP contribution in [0.15, 0.2) is 70.3 Å². The molecule has 0 bridgehead atoms. The Morgan fingerprint density at radius 3 is 2.29 bits per heavy atom. The van der Waals surface area contributed by atoms with E-state index in [4.69, 9.17) is 11.6 Å². The molecule has 0 saturated heterocycles. The monoisotopic (exact) mass is 394 g/mol. The molecule has 1 N–H and O–H groups in total. The van der Waals surface area contributed by atoms with Gasteiger partial charge in [-0.2, -0.15) is 4.98 Å². The van der Waals surface area contributed by atoms with Gasteiger partial charge in [0, 0.05) is 12.6 Å². The minimum Gasteiger partial charge on any atom is -0.293 e. The number of nitrogens with zero attached hydrogens (tertiary/aromatic N) is 3. The molecule has 0 unspecified atom stereocenters. The van der Waals surface area contributed by atoms with Crippen molar-refractivity contribution >= 4 is 28.5 Å². The molecular weight excluding hydrogens is 380 g/mol. The summed E-state index contributed by atoms with van der Waals surface area (Å²) < 4.78 is 2.56. The van der Waals surface area contributed by atoms with Gasteiger partial charge in [-0.15, -0.1) is 0 Å². The largest absolute Gasteiger partial charge is 0.329 e. The van der Waals surface area contributed by atoms with E-state index in [-0.39, 0.29) is 22.2 Å². The van der Waals surface area contributed by atoms with Gasteiger partial charge in [-0.25, -0.2) is 4.79 Å². The van der Waals surface area contributed by atoms with Crippen LogP contribution in [0.5, 0.6) is 0 Å². The molecule has 28 heavy (non-hydrogen) atoms. The van der Waals surface area contributed by atoms with Gasteiger partial charge in [-0.3, -0.25) is 23.7 Å². The molecule has 0 spiro atoms. The number of hydrogen-bond donors (Lipinski definition) is 1. The Balaban J connectivity index is 2.05. The SMILES string of the molecule is Cn1c(=O)[nH]c(=O)c2c1nc(Cl)n2[C@@H](C(=O)c1ccccc1)c1ccccc1. The molecule has 140 valence electrons. The molecule has 0 aliphatic heterocycles. The van der Waals surface area contributed by atoms with Crippen molar-refractivity contribution in [1.82, 2.24) is 19.1 Å². The Morgan fingerprint density at radius 1 is 1.04 bits per heavy atom. The molecule has 4 aromatic rings. The predicted octanol–water partition coefficient (Wildman–Crippen LogP) is 2.55. The number of hydrogen-bond acceptors (Lipinski definition) is 4. The van der Waals surface area contributed by atoms with Crippen molar-refractivity contribution in [3.8, 4) is 0 Å². The molecule has 0 fully saturated rings. The van der Waals surface area contributed by atoms with Crippen LogP contribution in [-0.2, 0) is 7.05 Å². The maximum absolute atomic E-state index is 13.4. The van der Waals surface area contributed by atoms with Gasteiger partial charge in [-0.1, -0.05) is 60.7 Å². The number of benzene rings is 2. The summed E-state index contributed by atoms with van der Waals surface area (Å²) in [5.74, 6) is -0.249. The lowest BCUT2D eigenvalue weighted by molar-refractivity contribution is 0.0947. The van der Waals surface area contributed by atoms with E-state index in [1.807, 2.05) is 12.1 Å². The van der Waals surface area contributed by atoms with Crippen LogP contribution in [0.4, 0.5) is 0 Å². The Labute approximate surface area is 163 Å². The van der Waals surface area contributed by atoms with Crippen LogP contribution in [0.25, 0.3) is 11.2 Å². The number of aromatic amines is 1. The summed E-state index contributed by atoms with van der Waals surface area (Å²) in [7, 11) is 1.48. The lowest BCUT2D eigenvalue weighted by atomic mass is 9.97. The third-order valence-corrected chi connectivity index (χ3v) is 4.85. The third-order valence-electron chi connectivity index (χ3n) is 4.59. The van der Waals surface area contributed by atoms with Crippen molar-refractivity contribution in [2.24, 2.45) is 7.05 Å². The summed E-state index contributed by atoms with van der Waals surface area (Å²) in [6.07, 6.45) is 0. The van der Waals surface area contributed by atoms with Gasteiger partial charge in [-0.05, 0) is 17.2 Å². The second kappa shape index (κ2) is 6.94. The lowest BCUT2D eigenvalue weighted by Gasteiger charge is -2.19. The molecule has 0 aliphatic carbocycles. The average molecular weight is 395 g/mol. The number of aromatic nitrogens is 4. The Bertz CT molecular complexity index is 1290. The summed E-state index contributed by atoms with van der Waals surface area (Å²) in [6, 6.07) is 16.8. The van der Waals surface area contributed by atoms with E-state index < -0.39 is 17.3 Å². The Morgan fingerprint density at radius 2 is 1.64 bits per heavy atom. The number of rotatable bonds is 4. The minimum atomic E-state index is -0.917. The Kier molecular flexibility index (Phi) is 4.44. The summed E-state index contributed by atoms with van der Waals surface area (Å²) >= 11 is 6.37. The zero-order chi connectivity index (χ0) is 19.8. The van der Waals surface area contributed by atoms with Gasteiger partial charge >= 0.3 is 5.69 Å². The van der Waals surface area contributed by atoms with Gasteiger partial charge < -0.3 is 0 Å². The van der Waals surface area contributed by atoms with E-state index in [0.29, 0.717) is 11.1 Å². The van der Waals surface area contributed by atoms with E-state index in [1.165, 1.54) is 16.2 Å². The molecule has 0 saturated carbocycles. The van der Waals surface area contributed by atoms with Crippen LogP contribution < -0.4 is 11.2 Å². The summed E-state index contributed by atoms with van der Waals surface area (Å²) in [5, 5.41) is -0.0557. The van der Waals surface area contributed by atoms with Crippen molar-refractivity contribution < 1.29 is 4.79 Å². The van der Waals surface area contributed by atoms with Crippen molar-refractivity contribution in [1.29, 1.82) is 0 Å². The number of imidazole rings is 1. The normalized spacial score (nSPS) is 12.2. The molecular formula is C20H15ClN4O3. The number of Topliss-reactive ketones (excluding diaryl/α,β-unsaturated/α-hetero) is 1. The van der Waals surface area contributed by atoms with Crippen molar-refractivity contribution in [2.75, 3.05) is 0 Å². The zero-order valence-electron chi connectivity index (χ0n) is 14.8. The number of aryl methyl sites for hydroxylation is 1. The van der Waals surface area contributed by atoms with Crippen LogP contribution in [0.2, 0.25) is 5.28 Å². The number of halogens is 1. The van der Waals surface area contributed by atoms with E-state index >= 15 is 0 Å². The van der Waals surface area contributed by atoms with Crippen molar-refractivity contribution in [3.63, 3.8) is 0 Å². The maximum Gasteiger partial charge on any atom is 0.329 e. The predicted molar refractivity (Wildman–Crippen MR) is 106 cm³/mol. The molecule has 0 aliphatic rings. The first kappa shape index (κ1) is 17.9. The number of ketones is 1. The Hall–Kier alpha value is -3.45. The van der Waals surface area contributed by atoms with Gasteiger partial charge in [0.2, 0.25) is 5.28 Å². The second-order valence-electron chi connectivity index (χ2n) is 6.28. The first-order valence-electron chi connectivity index (χ1n) is 8.50. The molecule has 2 aromatic carbocycles. The molecule has 4 rings (SSSR count). The van der Waals surface area contributed by atoms with Crippen molar-refractivity contribution in [3.05, 3.63) is 97.9 Å². The van der Waals surface area contributed by atoms with Crippen molar-refractivity contribution in [2.45, 2.75) is 6.04 Å². The minimum absolute atomic E-state index is 0.0557. The zero-order valence-corrected chi connectivity index (χ0v) is 15.6. The topological polar surface area (TPSA) is 89.8 Å². The van der Waals surface area contributed by atoms with E-state index in [2.05, 4.69) is 9.97 Å². The average Bonchev–Trinajstić information content (AvgIpc) is 3.05. The standard InChI is InChI=1S/C20H15ClN4O3/c1-24-17-15(18(27)23-20(24)28)25(19(21)22-17)14(12-8-4-2-5-9-12)16(26)13-10-6-3-7-11-13/h2-11,14H,1H3,(H,23,27,28)/t14-/m1/s1. The smallest absolute Gasteiger partial charge is 0.293 e. The molecule has 7 nitrogen and oxygen atoms in total. The summed E-state index contributed by atoms with van der Waals surface area (Å²) in [6.45, 7) is 0. The van der Waals surface area contributed by atoms with E-state index in [0.717, 1.165) is 0 Å². The maximum atomic E-state index is 13.4. The number of H-pyrrole nitrogens is 1. The third kappa shape index (κ3) is 2.86. The van der Waals surface area contributed by atoms with E-state index in [1.54, 1.807) is 48.5 Å². The fourth-order valence-electron chi connectivity index (χ4n) is 3.22. The first-order chi connectivity index (χ1) is 13.5. The summed E-state index contributed by atoms with van der Waals surface area (Å²) in [5.41, 5.74) is 0.0239. The van der Waals surface area contributed by atoms with Crippen LogP contribution in [-0.4, -0.2) is 24.9 Å². The summed E-state index contributed by atoms with van der Waals surface area (Å²) in [4.78, 5) is 44.3. The highest BCUT2D eigenvalue weighted by molar-refractivity contribution is 6.29. The number of fused-ring (bicyclic) bond motifs is 1. The van der Waals surface area contributed by atoms with Gasteiger partial charge in [0.25, 0.3) is 5.56 Å². The number of nitrogens with one attached hydrogen (secondary N) is 1. The number of carbonyl (C=O) groups excluding carboxylic acids is 1. The van der Waals surface area contributed by atoms with Crippen LogP contribution in [0.3, 0.4) is 0 Å². The molecule has 2 heterocycles. The van der Waals surface area contributed by atoms with Gasteiger partial charge in [0.05, 0.1) is 0 Å². The molecule has 1 atom stereocenters. The van der Waals surface area contributed by atoms with Crippen LogP contribution in [0, 0.1) is 0 Å².